The second-order valence-electron chi connectivity index (χ2n) is 5.84. The molecule has 1 aliphatic heterocycles. The summed E-state index contributed by atoms with van der Waals surface area (Å²) in [6.07, 6.45) is 0. The van der Waals surface area contributed by atoms with Crippen molar-refractivity contribution in [2.75, 3.05) is 6.79 Å². The fourth-order valence-corrected chi connectivity index (χ4v) is 3.78. The Balaban J connectivity index is 1.67. The van der Waals surface area contributed by atoms with E-state index in [-0.39, 0.29) is 23.9 Å². The molecule has 0 fully saturated rings. The monoisotopic (exact) mass is 392 g/mol. The molecule has 10 heteroatoms. The quantitative estimate of drug-likeness (QED) is 0.587. The lowest BCUT2D eigenvalue weighted by molar-refractivity contribution is -0.384. The Morgan fingerprint density at radius 2 is 1.85 bits per heavy atom. The normalized spacial score (nSPS) is 13.8. The van der Waals surface area contributed by atoms with Gasteiger partial charge in [-0.2, -0.15) is 0 Å². The number of nitro groups is 1. The SMILES string of the molecule is CC(C(=O)NCc1ccc2c(c1)OCO2)S(=O)(=O)c1ccc([N+](=O)[O-])cc1. The molecule has 142 valence electrons. The molecule has 9 nitrogen and oxygen atoms in total. The molecule has 0 saturated carbocycles. The van der Waals surface area contributed by atoms with Gasteiger partial charge in [0.1, 0.15) is 5.25 Å². The highest BCUT2D eigenvalue weighted by molar-refractivity contribution is 7.92. The number of fused-ring (bicyclic) bond motifs is 1. The zero-order valence-corrected chi connectivity index (χ0v) is 15.1. The van der Waals surface area contributed by atoms with Gasteiger partial charge in [0, 0.05) is 18.7 Å². The molecule has 1 heterocycles. The Bertz CT molecular complexity index is 987. The summed E-state index contributed by atoms with van der Waals surface area (Å²) in [5.74, 6) is 0.499. The lowest BCUT2D eigenvalue weighted by Gasteiger charge is -2.13. The summed E-state index contributed by atoms with van der Waals surface area (Å²) in [6, 6.07) is 9.57. The second kappa shape index (κ2) is 7.23. The van der Waals surface area contributed by atoms with Gasteiger partial charge in [0.15, 0.2) is 21.3 Å². The van der Waals surface area contributed by atoms with E-state index in [4.69, 9.17) is 9.47 Å². The van der Waals surface area contributed by atoms with Gasteiger partial charge in [0.05, 0.1) is 9.82 Å². The number of sulfone groups is 1. The van der Waals surface area contributed by atoms with Gasteiger partial charge in [-0.1, -0.05) is 6.07 Å². The van der Waals surface area contributed by atoms with E-state index in [1.807, 2.05) is 0 Å². The summed E-state index contributed by atoms with van der Waals surface area (Å²) >= 11 is 0. The molecular formula is C17H16N2O7S. The van der Waals surface area contributed by atoms with Crippen LogP contribution in [0.1, 0.15) is 12.5 Å². The number of benzene rings is 2. The topological polar surface area (TPSA) is 125 Å². The molecule has 0 spiro atoms. The van der Waals surface area contributed by atoms with E-state index in [2.05, 4.69) is 5.32 Å². The molecule has 0 saturated heterocycles. The first-order chi connectivity index (χ1) is 12.8. The molecule has 1 N–H and O–H groups in total. The number of nitro benzene ring substituents is 1. The number of amides is 1. The number of hydrogen-bond donors (Lipinski definition) is 1. The molecule has 1 unspecified atom stereocenters. The zero-order valence-electron chi connectivity index (χ0n) is 14.2. The van der Waals surface area contributed by atoms with E-state index in [9.17, 15) is 23.3 Å². The molecule has 1 aliphatic rings. The highest BCUT2D eigenvalue weighted by atomic mass is 32.2. The maximum absolute atomic E-state index is 12.6. The van der Waals surface area contributed by atoms with Crippen LogP contribution in [0.2, 0.25) is 0 Å². The van der Waals surface area contributed by atoms with E-state index < -0.39 is 25.9 Å². The van der Waals surface area contributed by atoms with Crippen LogP contribution in [0.4, 0.5) is 5.69 Å². The van der Waals surface area contributed by atoms with Gasteiger partial charge in [0.25, 0.3) is 5.69 Å². The van der Waals surface area contributed by atoms with Crippen molar-refractivity contribution in [2.24, 2.45) is 0 Å². The van der Waals surface area contributed by atoms with Crippen LogP contribution in [-0.4, -0.2) is 31.3 Å². The van der Waals surface area contributed by atoms with Crippen molar-refractivity contribution >= 4 is 21.4 Å². The van der Waals surface area contributed by atoms with E-state index in [0.717, 1.165) is 29.8 Å². The van der Waals surface area contributed by atoms with Crippen molar-refractivity contribution in [2.45, 2.75) is 23.6 Å². The van der Waals surface area contributed by atoms with Crippen molar-refractivity contribution in [1.82, 2.24) is 5.32 Å². The molecule has 1 atom stereocenters. The lowest BCUT2D eigenvalue weighted by atomic mass is 10.2. The zero-order chi connectivity index (χ0) is 19.6. The summed E-state index contributed by atoms with van der Waals surface area (Å²) in [5, 5.41) is 11.9. The average Bonchev–Trinajstić information content (AvgIpc) is 3.13. The first-order valence-electron chi connectivity index (χ1n) is 7.93. The smallest absolute Gasteiger partial charge is 0.269 e. The summed E-state index contributed by atoms with van der Waals surface area (Å²) in [4.78, 5) is 22.2. The highest BCUT2D eigenvalue weighted by Crippen LogP contribution is 2.32. The number of carbonyl (C=O) groups is 1. The van der Waals surface area contributed by atoms with Crippen LogP contribution in [0, 0.1) is 10.1 Å². The van der Waals surface area contributed by atoms with Gasteiger partial charge in [-0.25, -0.2) is 8.42 Å². The van der Waals surface area contributed by atoms with Crippen LogP contribution < -0.4 is 14.8 Å². The van der Waals surface area contributed by atoms with E-state index in [1.54, 1.807) is 18.2 Å². The maximum Gasteiger partial charge on any atom is 0.269 e. The summed E-state index contributed by atoms with van der Waals surface area (Å²) < 4.78 is 35.6. The van der Waals surface area contributed by atoms with Gasteiger partial charge in [-0.3, -0.25) is 14.9 Å². The largest absolute Gasteiger partial charge is 0.454 e. The minimum Gasteiger partial charge on any atom is -0.454 e. The van der Waals surface area contributed by atoms with Crippen molar-refractivity contribution in [1.29, 1.82) is 0 Å². The third kappa shape index (κ3) is 3.85. The highest BCUT2D eigenvalue weighted by Gasteiger charge is 2.30. The molecule has 2 aromatic carbocycles. The number of nitrogens with one attached hydrogen (secondary N) is 1. The molecule has 0 bridgehead atoms. The van der Waals surface area contributed by atoms with Gasteiger partial charge in [0.2, 0.25) is 12.7 Å². The maximum atomic E-state index is 12.6. The number of rotatable bonds is 6. The molecular weight excluding hydrogens is 376 g/mol. The molecule has 2 aromatic rings. The van der Waals surface area contributed by atoms with Crippen LogP contribution in [0.15, 0.2) is 47.4 Å². The van der Waals surface area contributed by atoms with Crippen LogP contribution in [-0.2, 0) is 21.2 Å². The standard InChI is InChI=1S/C17H16N2O7S/c1-11(27(23,24)14-5-3-13(4-6-14)19(21)22)17(20)18-9-12-2-7-15-16(8-12)26-10-25-15/h2-8,11H,9-10H2,1H3,(H,18,20). The molecule has 0 aliphatic carbocycles. The minimum absolute atomic E-state index is 0.121. The molecule has 27 heavy (non-hydrogen) atoms. The number of carbonyl (C=O) groups excluding carboxylic acids is 1. The Morgan fingerprint density at radius 3 is 2.52 bits per heavy atom. The minimum atomic E-state index is -3.97. The second-order valence-corrected chi connectivity index (χ2v) is 8.11. The fraction of sp³-hybridized carbons (Fsp3) is 0.235. The van der Waals surface area contributed by atoms with E-state index in [1.165, 1.54) is 6.92 Å². The Hall–Kier alpha value is -3.14. The number of nitrogens with zero attached hydrogens (tertiary/aromatic N) is 1. The molecule has 0 aromatic heterocycles. The predicted molar refractivity (Wildman–Crippen MR) is 94.2 cm³/mol. The molecule has 1 amide bonds. The van der Waals surface area contributed by atoms with Gasteiger partial charge < -0.3 is 14.8 Å². The van der Waals surface area contributed by atoms with Crippen LogP contribution >= 0.6 is 0 Å². The van der Waals surface area contributed by atoms with Gasteiger partial charge >= 0.3 is 0 Å². The van der Waals surface area contributed by atoms with Crippen molar-refractivity contribution in [3.8, 4) is 11.5 Å². The van der Waals surface area contributed by atoms with Crippen molar-refractivity contribution in [3.05, 3.63) is 58.1 Å². The van der Waals surface area contributed by atoms with E-state index in [0.29, 0.717) is 11.5 Å². The van der Waals surface area contributed by atoms with Crippen LogP contribution in [0.3, 0.4) is 0 Å². The van der Waals surface area contributed by atoms with E-state index >= 15 is 0 Å². The van der Waals surface area contributed by atoms with Crippen molar-refractivity contribution in [3.63, 3.8) is 0 Å². The summed E-state index contributed by atoms with van der Waals surface area (Å²) in [6.45, 7) is 1.52. The van der Waals surface area contributed by atoms with Gasteiger partial charge in [-0.05, 0) is 36.8 Å². The molecule has 3 rings (SSSR count). The Labute approximate surface area is 155 Å². The lowest BCUT2D eigenvalue weighted by Crippen LogP contribution is -2.37. The Morgan fingerprint density at radius 1 is 1.19 bits per heavy atom. The van der Waals surface area contributed by atoms with Crippen LogP contribution in [0.5, 0.6) is 11.5 Å². The first-order valence-corrected chi connectivity index (χ1v) is 9.48. The molecule has 0 radical (unpaired) electrons. The van der Waals surface area contributed by atoms with Crippen molar-refractivity contribution < 1.29 is 27.6 Å². The predicted octanol–water partition coefficient (Wildman–Crippen LogP) is 1.80. The summed E-state index contributed by atoms with van der Waals surface area (Å²) in [5.41, 5.74) is 0.501. The third-order valence-electron chi connectivity index (χ3n) is 4.11. The first kappa shape index (κ1) is 18.6. The summed E-state index contributed by atoms with van der Waals surface area (Å²) in [7, 11) is -3.97. The number of ether oxygens (including phenoxy) is 2. The number of non-ortho nitro benzene ring substituents is 1. The Kier molecular flexibility index (Phi) is 5.00. The fourth-order valence-electron chi connectivity index (χ4n) is 2.49. The third-order valence-corrected chi connectivity index (χ3v) is 6.19. The average molecular weight is 392 g/mol. The number of hydrogen-bond acceptors (Lipinski definition) is 7. The van der Waals surface area contributed by atoms with Gasteiger partial charge in [-0.15, -0.1) is 0 Å². The van der Waals surface area contributed by atoms with Crippen LogP contribution in [0.25, 0.3) is 0 Å².